The second kappa shape index (κ2) is 9.79. The molecule has 1 aliphatic heterocycles. The highest BCUT2D eigenvalue weighted by molar-refractivity contribution is 5.84. The Morgan fingerprint density at radius 3 is 2.36 bits per heavy atom. The molecule has 1 fully saturated rings. The van der Waals surface area contributed by atoms with Crippen LogP contribution in [0.4, 0.5) is 0 Å². The number of benzene rings is 3. The third-order valence-corrected chi connectivity index (χ3v) is 6.65. The van der Waals surface area contributed by atoms with Crippen LogP contribution in [0.5, 0.6) is 5.75 Å². The molecule has 5 nitrogen and oxygen atoms in total. The van der Waals surface area contributed by atoms with Gasteiger partial charge in [-0.15, -0.1) is 0 Å². The molecule has 1 aromatic heterocycles. The quantitative estimate of drug-likeness (QED) is 0.391. The molecule has 0 saturated carbocycles. The van der Waals surface area contributed by atoms with Crippen LogP contribution in [-0.2, 0) is 11.3 Å². The number of rotatable bonds is 7. The highest BCUT2D eigenvalue weighted by Crippen LogP contribution is 2.34. The third-order valence-electron chi connectivity index (χ3n) is 6.65. The molecular weight excluding hydrogens is 412 g/mol. The lowest BCUT2D eigenvalue weighted by atomic mass is 9.82. The molecule has 3 atom stereocenters. The highest BCUT2D eigenvalue weighted by Gasteiger charge is 2.35. The van der Waals surface area contributed by atoms with Gasteiger partial charge in [0.1, 0.15) is 5.75 Å². The number of hydrogen-bond acceptors (Lipinski definition) is 4. The van der Waals surface area contributed by atoms with E-state index in [0.29, 0.717) is 19.6 Å². The number of aromatic nitrogens is 1. The van der Waals surface area contributed by atoms with Gasteiger partial charge in [0, 0.05) is 36.0 Å². The minimum atomic E-state index is -0.488. The summed E-state index contributed by atoms with van der Waals surface area (Å²) >= 11 is 0. The van der Waals surface area contributed by atoms with Crippen LogP contribution >= 0.6 is 0 Å². The molecule has 3 N–H and O–H groups in total. The van der Waals surface area contributed by atoms with Gasteiger partial charge >= 0.3 is 0 Å². The van der Waals surface area contributed by atoms with Gasteiger partial charge in [0.15, 0.2) is 0 Å². The van der Waals surface area contributed by atoms with E-state index in [1.54, 1.807) is 7.11 Å². The van der Waals surface area contributed by atoms with Gasteiger partial charge < -0.3 is 24.9 Å². The smallest absolute Gasteiger partial charge is 0.119 e. The molecule has 1 saturated heterocycles. The van der Waals surface area contributed by atoms with Gasteiger partial charge in [-0.25, -0.2) is 0 Å². The molecule has 170 valence electrons. The first-order valence-corrected chi connectivity index (χ1v) is 11.5. The molecule has 3 aromatic carbocycles. The van der Waals surface area contributed by atoms with Gasteiger partial charge in [0.25, 0.3) is 0 Å². The fourth-order valence-electron chi connectivity index (χ4n) is 4.85. The van der Waals surface area contributed by atoms with Crippen molar-refractivity contribution in [3.05, 3.63) is 102 Å². The summed E-state index contributed by atoms with van der Waals surface area (Å²) in [6.45, 7) is 1.11. The largest absolute Gasteiger partial charge is 0.497 e. The Labute approximate surface area is 194 Å². The second-order valence-electron chi connectivity index (χ2n) is 8.69. The van der Waals surface area contributed by atoms with E-state index in [9.17, 15) is 5.11 Å². The van der Waals surface area contributed by atoms with E-state index in [0.717, 1.165) is 22.2 Å². The van der Waals surface area contributed by atoms with Crippen molar-refractivity contribution < 1.29 is 14.6 Å². The lowest BCUT2D eigenvalue weighted by Crippen LogP contribution is -2.50. The number of H-pyrrole nitrogens is 1. The molecule has 0 aliphatic carbocycles. The van der Waals surface area contributed by atoms with Crippen LogP contribution in [0, 0.1) is 0 Å². The Balaban J connectivity index is 1.28. The molecular formula is C28H30N2O3. The summed E-state index contributed by atoms with van der Waals surface area (Å²) in [7, 11) is 1.68. The van der Waals surface area contributed by atoms with Crippen molar-refractivity contribution in [3.8, 4) is 5.75 Å². The Bertz CT molecular complexity index is 1140. The third kappa shape index (κ3) is 4.67. The first-order chi connectivity index (χ1) is 16.2. The first kappa shape index (κ1) is 21.7. The van der Waals surface area contributed by atoms with Crippen LogP contribution in [0.3, 0.4) is 0 Å². The van der Waals surface area contributed by atoms with Gasteiger partial charge in [-0.05, 0) is 34.9 Å². The zero-order chi connectivity index (χ0) is 22.6. The van der Waals surface area contributed by atoms with Gasteiger partial charge in [-0.1, -0.05) is 60.7 Å². The molecule has 4 aromatic rings. The van der Waals surface area contributed by atoms with Gasteiger partial charge in [0.05, 0.1) is 32.0 Å². The number of nitrogens with one attached hydrogen (secondary N) is 2. The zero-order valence-electron chi connectivity index (χ0n) is 18.8. The normalized spacial score (nSPS) is 20.9. The van der Waals surface area contributed by atoms with Crippen molar-refractivity contribution in [1.82, 2.24) is 10.3 Å². The van der Waals surface area contributed by atoms with E-state index < -0.39 is 6.10 Å². The number of aliphatic hydroxyl groups excluding tert-OH is 1. The van der Waals surface area contributed by atoms with Gasteiger partial charge in [0.2, 0.25) is 0 Å². The van der Waals surface area contributed by atoms with Gasteiger partial charge in [-0.2, -0.15) is 0 Å². The predicted molar refractivity (Wildman–Crippen MR) is 131 cm³/mol. The molecule has 0 spiro atoms. The molecule has 0 amide bonds. The van der Waals surface area contributed by atoms with Crippen molar-refractivity contribution in [2.24, 2.45) is 0 Å². The van der Waals surface area contributed by atoms with Crippen LogP contribution in [0.15, 0.2) is 85.1 Å². The minimum absolute atomic E-state index is 0.0831. The molecule has 5 heteroatoms. The van der Waals surface area contributed by atoms with E-state index in [-0.39, 0.29) is 18.1 Å². The molecule has 5 rings (SSSR count). The Morgan fingerprint density at radius 1 is 1.03 bits per heavy atom. The fourth-order valence-corrected chi connectivity index (χ4v) is 4.85. The van der Waals surface area contributed by atoms with Crippen molar-refractivity contribution in [2.45, 2.75) is 37.1 Å². The van der Waals surface area contributed by atoms with Crippen LogP contribution < -0.4 is 10.1 Å². The zero-order valence-corrected chi connectivity index (χ0v) is 18.8. The number of fused-ring (bicyclic) bond motifs is 1. The number of hydrogen-bond donors (Lipinski definition) is 3. The summed E-state index contributed by atoms with van der Waals surface area (Å²) in [5.41, 5.74) is 4.63. The molecule has 0 unspecified atom stereocenters. The maximum atomic E-state index is 11.0. The SMILES string of the molecule is COc1ccc2[nH]cc(CN[C@@H]3CO[C@H](C(c4ccccc4)c4ccccc4)C[C@H]3O)c2c1. The Morgan fingerprint density at radius 2 is 1.73 bits per heavy atom. The standard InChI is InChI=1S/C28H30N2O3/c1-32-22-12-13-24-23(14-22)21(16-29-24)17-30-25-18-33-27(15-26(25)31)28(19-8-4-2-5-9-19)20-10-6-3-7-11-20/h2-14,16,25-31H,15,17-18H2,1H3/t25-,26-,27+/m1/s1. The predicted octanol–water partition coefficient (Wildman–Crippen LogP) is 4.62. The molecule has 33 heavy (non-hydrogen) atoms. The first-order valence-electron chi connectivity index (χ1n) is 11.5. The average molecular weight is 443 g/mol. The number of ether oxygens (including phenoxy) is 2. The maximum Gasteiger partial charge on any atom is 0.119 e. The monoisotopic (exact) mass is 442 g/mol. The highest BCUT2D eigenvalue weighted by atomic mass is 16.5. The van der Waals surface area contributed by atoms with E-state index in [2.05, 4.69) is 58.8 Å². The molecule has 0 bridgehead atoms. The summed E-state index contributed by atoms with van der Waals surface area (Å²) in [6.07, 6.45) is 2.02. The van der Waals surface area contributed by atoms with Gasteiger partial charge in [-0.3, -0.25) is 0 Å². The molecule has 2 heterocycles. The lowest BCUT2D eigenvalue weighted by molar-refractivity contribution is -0.0717. The summed E-state index contributed by atoms with van der Waals surface area (Å²) in [5, 5.41) is 15.7. The minimum Gasteiger partial charge on any atom is -0.497 e. The van der Waals surface area contributed by atoms with Crippen molar-refractivity contribution in [3.63, 3.8) is 0 Å². The van der Waals surface area contributed by atoms with E-state index >= 15 is 0 Å². The summed E-state index contributed by atoms with van der Waals surface area (Å²) < 4.78 is 11.7. The van der Waals surface area contributed by atoms with Crippen molar-refractivity contribution in [2.75, 3.05) is 13.7 Å². The van der Waals surface area contributed by atoms with Crippen molar-refractivity contribution >= 4 is 10.9 Å². The topological polar surface area (TPSA) is 66.5 Å². The molecule has 0 radical (unpaired) electrons. The van der Waals surface area contributed by atoms with E-state index in [1.165, 1.54) is 11.1 Å². The van der Waals surface area contributed by atoms with Crippen LogP contribution in [0.1, 0.15) is 29.0 Å². The Hall–Kier alpha value is -3.12. The maximum absolute atomic E-state index is 11.0. The summed E-state index contributed by atoms with van der Waals surface area (Å²) in [4.78, 5) is 3.31. The summed E-state index contributed by atoms with van der Waals surface area (Å²) in [6, 6.07) is 26.8. The summed E-state index contributed by atoms with van der Waals surface area (Å²) in [5.74, 6) is 0.921. The second-order valence-corrected chi connectivity index (χ2v) is 8.69. The van der Waals surface area contributed by atoms with E-state index in [1.807, 2.05) is 36.5 Å². The molecule has 1 aliphatic rings. The Kier molecular flexibility index (Phi) is 6.44. The average Bonchev–Trinajstić information content (AvgIpc) is 3.27. The van der Waals surface area contributed by atoms with Crippen molar-refractivity contribution in [1.29, 1.82) is 0 Å². The number of methoxy groups -OCH3 is 1. The number of aromatic amines is 1. The van der Waals surface area contributed by atoms with Crippen LogP contribution in [0.2, 0.25) is 0 Å². The number of aliphatic hydroxyl groups is 1. The van der Waals surface area contributed by atoms with Crippen LogP contribution in [0.25, 0.3) is 10.9 Å². The lowest BCUT2D eigenvalue weighted by Gasteiger charge is -2.38. The fraction of sp³-hybridized carbons (Fsp3) is 0.286. The van der Waals surface area contributed by atoms with Crippen LogP contribution in [-0.4, -0.2) is 42.1 Å². The van der Waals surface area contributed by atoms with E-state index in [4.69, 9.17) is 9.47 Å².